The highest BCUT2D eigenvalue weighted by Gasteiger charge is 2.35. The first-order valence-electron chi connectivity index (χ1n) is 10.7. The van der Waals surface area contributed by atoms with Crippen LogP contribution >= 0.6 is 11.6 Å². The fraction of sp³-hybridized carbons (Fsp3) is 0.333. The molecule has 174 valence electrons. The van der Waals surface area contributed by atoms with Crippen molar-refractivity contribution in [1.82, 2.24) is 20.4 Å². The van der Waals surface area contributed by atoms with E-state index in [0.717, 1.165) is 48.6 Å². The summed E-state index contributed by atoms with van der Waals surface area (Å²) in [6.45, 7) is 0.809. The lowest BCUT2D eigenvalue weighted by Gasteiger charge is -2.32. The third-order valence-electron chi connectivity index (χ3n) is 5.87. The number of hydrogen-bond donors (Lipinski definition) is 2. The van der Waals surface area contributed by atoms with Gasteiger partial charge in [0.05, 0.1) is 28.4 Å². The van der Waals surface area contributed by atoms with Crippen LogP contribution in [0.15, 0.2) is 54.9 Å². The van der Waals surface area contributed by atoms with E-state index in [0.29, 0.717) is 0 Å². The lowest BCUT2D eigenvalue weighted by atomic mass is 9.90. The molecular formula is C24H24ClF3N4O. The Balaban J connectivity index is 1.67. The highest BCUT2D eigenvalue weighted by molar-refractivity contribution is 6.34. The molecule has 1 aliphatic heterocycles. The van der Waals surface area contributed by atoms with Crippen molar-refractivity contribution >= 4 is 17.5 Å². The van der Waals surface area contributed by atoms with Crippen LogP contribution in [0.4, 0.5) is 13.2 Å². The average molecular weight is 477 g/mol. The van der Waals surface area contributed by atoms with Crippen LogP contribution in [0.5, 0.6) is 0 Å². The van der Waals surface area contributed by atoms with Gasteiger partial charge in [0, 0.05) is 24.8 Å². The third kappa shape index (κ3) is 5.23. The molecule has 1 aromatic heterocycles. The van der Waals surface area contributed by atoms with Gasteiger partial charge in [-0.25, -0.2) is 0 Å². The number of halogens is 4. The number of benzene rings is 2. The van der Waals surface area contributed by atoms with Gasteiger partial charge < -0.3 is 10.6 Å². The Morgan fingerprint density at radius 1 is 1.21 bits per heavy atom. The van der Waals surface area contributed by atoms with Gasteiger partial charge in [-0.05, 0) is 48.7 Å². The second kappa shape index (κ2) is 9.57. The number of hydrogen-bond acceptors (Lipinski definition) is 3. The molecule has 1 amide bonds. The fourth-order valence-corrected chi connectivity index (χ4v) is 4.53. The number of nitrogens with one attached hydrogen (secondary N) is 2. The first kappa shape index (κ1) is 23.3. The molecule has 0 bridgehead atoms. The Labute approximate surface area is 194 Å². The maximum absolute atomic E-state index is 13.3. The van der Waals surface area contributed by atoms with Crippen molar-refractivity contribution < 1.29 is 18.0 Å². The van der Waals surface area contributed by atoms with E-state index in [1.54, 1.807) is 10.9 Å². The van der Waals surface area contributed by atoms with E-state index >= 15 is 0 Å². The summed E-state index contributed by atoms with van der Waals surface area (Å²) in [6, 6.07) is 10.6. The van der Waals surface area contributed by atoms with Crippen molar-refractivity contribution in [2.24, 2.45) is 7.05 Å². The van der Waals surface area contributed by atoms with E-state index in [1.807, 2.05) is 37.5 Å². The van der Waals surface area contributed by atoms with Crippen LogP contribution in [-0.2, 0) is 13.2 Å². The molecule has 1 unspecified atom stereocenters. The number of nitrogens with zero attached hydrogens (tertiary/aromatic N) is 2. The molecule has 5 nitrogen and oxygen atoms in total. The van der Waals surface area contributed by atoms with Gasteiger partial charge in [0.15, 0.2) is 0 Å². The molecule has 1 saturated heterocycles. The van der Waals surface area contributed by atoms with Crippen molar-refractivity contribution in [2.75, 3.05) is 6.54 Å². The molecular weight excluding hydrogens is 453 g/mol. The number of amides is 1. The molecule has 2 atom stereocenters. The van der Waals surface area contributed by atoms with E-state index in [2.05, 4.69) is 15.7 Å². The van der Waals surface area contributed by atoms with Crippen molar-refractivity contribution in [3.63, 3.8) is 0 Å². The van der Waals surface area contributed by atoms with E-state index in [4.69, 9.17) is 11.6 Å². The first-order valence-corrected chi connectivity index (χ1v) is 11.1. The summed E-state index contributed by atoms with van der Waals surface area (Å²) in [5, 5.41) is 10.0. The smallest absolute Gasteiger partial charge is 0.344 e. The van der Waals surface area contributed by atoms with E-state index in [-0.39, 0.29) is 11.6 Å². The molecule has 0 spiro atoms. The van der Waals surface area contributed by atoms with Crippen molar-refractivity contribution in [3.05, 3.63) is 76.6 Å². The summed E-state index contributed by atoms with van der Waals surface area (Å²) in [4.78, 5) is 13.1. The van der Waals surface area contributed by atoms with Gasteiger partial charge in [-0.15, -0.1) is 0 Å². The number of aryl methyl sites for hydroxylation is 1. The zero-order chi connectivity index (χ0) is 23.6. The van der Waals surface area contributed by atoms with Gasteiger partial charge in [-0.3, -0.25) is 9.48 Å². The topological polar surface area (TPSA) is 59.0 Å². The van der Waals surface area contributed by atoms with Crippen molar-refractivity contribution in [2.45, 2.75) is 37.5 Å². The standard InChI is InChI=1S/C24H24ClF3N4O/c1-32-14-17(13-30-32)15-6-4-7-16(12-15)22(20-10-2-3-11-29-20)31-23(33)18-8-5-9-19(21(18)25)24(26,27)28/h4-9,12-14,20,22,29H,2-3,10-11H2,1H3,(H,31,33)/t20-,22?/m0/s1. The number of rotatable bonds is 5. The summed E-state index contributed by atoms with van der Waals surface area (Å²) < 4.78 is 41.6. The van der Waals surface area contributed by atoms with Crippen LogP contribution in [0.1, 0.15) is 46.8 Å². The first-order chi connectivity index (χ1) is 15.7. The molecule has 2 aromatic carbocycles. The third-order valence-corrected chi connectivity index (χ3v) is 6.28. The Morgan fingerprint density at radius 2 is 2.00 bits per heavy atom. The van der Waals surface area contributed by atoms with Crippen LogP contribution in [0.25, 0.3) is 11.1 Å². The Kier molecular flexibility index (Phi) is 6.76. The molecule has 9 heteroatoms. The van der Waals surface area contributed by atoms with E-state index in [9.17, 15) is 18.0 Å². The van der Waals surface area contributed by atoms with Crippen molar-refractivity contribution in [3.8, 4) is 11.1 Å². The number of piperidine rings is 1. The predicted molar refractivity (Wildman–Crippen MR) is 121 cm³/mol. The molecule has 4 rings (SSSR count). The van der Waals surface area contributed by atoms with Gasteiger partial charge in [0.2, 0.25) is 0 Å². The second-order valence-electron chi connectivity index (χ2n) is 8.20. The minimum atomic E-state index is -4.64. The highest BCUT2D eigenvalue weighted by Crippen LogP contribution is 2.36. The monoisotopic (exact) mass is 476 g/mol. The quantitative estimate of drug-likeness (QED) is 0.520. The Hall–Kier alpha value is -2.84. The van der Waals surface area contributed by atoms with Gasteiger partial charge in [0.25, 0.3) is 5.91 Å². The SMILES string of the molecule is Cn1cc(-c2cccc(C(NC(=O)c3cccc(C(F)(F)F)c3Cl)[C@@H]3CCCCN3)c2)cn1. The number of carbonyl (C=O) groups is 1. The summed E-state index contributed by atoms with van der Waals surface area (Å²) in [7, 11) is 1.83. The van der Waals surface area contributed by atoms with E-state index in [1.165, 1.54) is 12.1 Å². The molecule has 1 aliphatic rings. The largest absolute Gasteiger partial charge is 0.417 e. The summed E-state index contributed by atoms with van der Waals surface area (Å²) in [5.74, 6) is -0.643. The van der Waals surface area contributed by atoms with Gasteiger partial charge in [-0.1, -0.05) is 42.3 Å². The lowest BCUT2D eigenvalue weighted by molar-refractivity contribution is -0.137. The van der Waals surface area contributed by atoms with Gasteiger partial charge in [-0.2, -0.15) is 18.3 Å². The second-order valence-corrected chi connectivity index (χ2v) is 8.58. The minimum Gasteiger partial charge on any atom is -0.344 e. The molecule has 0 radical (unpaired) electrons. The average Bonchev–Trinajstić information content (AvgIpc) is 3.23. The number of aromatic nitrogens is 2. The summed E-state index contributed by atoms with van der Waals surface area (Å²) >= 11 is 6.01. The fourth-order valence-electron chi connectivity index (χ4n) is 4.21. The van der Waals surface area contributed by atoms with Crippen LogP contribution in [0, 0.1) is 0 Å². The normalized spacial score (nSPS) is 17.5. The summed E-state index contributed by atoms with van der Waals surface area (Å²) in [5.41, 5.74) is 1.50. The van der Waals surface area contributed by atoms with Crippen LogP contribution < -0.4 is 10.6 Å². The highest BCUT2D eigenvalue weighted by atomic mass is 35.5. The maximum Gasteiger partial charge on any atom is 0.417 e. The van der Waals surface area contributed by atoms with Gasteiger partial charge >= 0.3 is 6.18 Å². The minimum absolute atomic E-state index is 0.0589. The number of carbonyl (C=O) groups excluding carboxylic acids is 1. The Morgan fingerprint density at radius 3 is 2.67 bits per heavy atom. The van der Waals surface area contributed by atoms with Crippen LogP contribution in [0.3, 0.4) is 0 Å². The molecule has 2 heterocycles. The molecule has 2 N–H and O–H groups in total. The molecule has 33 heavy (non-hydrogen) atoms. The van der Waals surface area contributed by atoms with Gasteiger partial charge in [0.1, 0.15) is 0 Å². The molecule has 1 fully saturated rings. The summed E-state index contributed by atoms with van der Waals surface area (Å²) in [6.07, 6.45) is 1.87. The molecule has 0 aliphatic carbocycles. The zero-order valence-electron chi connectivity index (χ0n) is 18.0. The lowest BCUT2D eigenvalue weighted by Crippen LogP contribution is -2.46. The molecule has 0 saturated carbocycles. The van der Waals surface area contributed by atoms with Crippen LogP contribution in [-0.4, -0.2) is 28.3 Å². The number of alkyl halides is 3. The molecule has 3 aromatic rings. The predicted octanol–water partition coefficient (Wildman–Crippen LogP) is 5.37. The zero-order valence-corrected chi connectivity index (χ0v) is 18.7. The van der Waals surface area contributed by atoms with Crippen LogP contribution in [0.2, 0.25) is 5.02 Å². The van der Waals surface area contributed by atoms with Crippen molar-refractivity contribution in [1.29, 1.82) is 0 Å². The Bertz CT molecular complexity index is 1140. The maximum atomic E-state index is 13.3. The van der Waals surface area contributed by atoms with E-state index < -0.39 is 28.7 Å².